The summed E-state index contributed by atoms with van der Waals surface area (Å²) in [5.74, 6) is -0.702. The SMILES string of the molecule is CC(C)(C)OC(=O)[C@H](CNC(=O)c1ccc(OCCNc2nccs2)cc1)NS(=O)(=O)c1ccccc1. The Balaban J connectivity index is 1.58. The van der Waals surface area contributed by atoms with E-state index in [1.54, 1.807) is 69.4 Å². The fourth-order valence-electron chi connectivity index (χ4n) is 3.04. The standard InChI is InChI=1S/C25H30N4O6S2/c1-25(2,3)35-23(31)21(29-37(32,33)20-7-5-4-6-8-20)17-28-22(30)18-9-11-19(12-10-18)34-15-13-26-24-27-14-16-36-24/h4-12,14,16,21,29H,13,15,17H2,1-3H3,(H,26,27)(H,28,30)/t21-/m0/s1. The second-order valence-electron chi connectivity index (χ2n) is 8.87. The highest BCUT2D eigenvalue weighted by atomic mass is 32.2. The predicted octanol–water partition coefficient (Wildman–Crippen LogP) is 3.05. The predicted molar refractivity (Wildman–Crippen MR) is 141 cm³/mol. The molecule has 3 rings (SSSR count). The average molecular weight is 547 g/mol. The fourth-order valence-corrected chi connectivity index (χ4v) is 4.80. The van der Waals surface area contributed by atoms with Gasteiger partial charge in [0.25, 0.3) is 5.91 Å². The molecule has 0 bridgehead atoms. The normalized spacial score (nSPS) is 12.4. The topological polar surface area (TPSA) is 136 Å². The molecule has 3 N–H and O–H groups in total. The van der Waals surface area contributed by atoms with E-state index in [4.69, 9.17) is 9.47 Å². The number of sulfonamides is 1. The maximum atomic E-state index is 12.8. The molecule has 0 saturated carbocycles. The van der Waals surface area contributed by atoms with E-state index in [0.717, 1.165) is 5.13 Å². The second kappa shape index (κ2) is 12.7. The molecule has 1 atom stereocenters. The number of benzene rings is 2. The lowest BCUT2D eigenvalue weighted by molar-refractivity contribution is -0.156. The van der Waals surface area contributed by atoms with Crippen molar-refractivity contribution in [3.8, 4) is 5.75 Å². The molecule has 0 aliphatic rings. The zero-order valence-electron chi connectivity index (χ0n) is 20.8. The average Bonchev–Trinajstić information content (AvgIpc) is 3.38. The highest BCUT2D eigenvalue weighted by molar-refractivity contribution is 7.89. The third-order valence-electron chi connectivity index (χ3n) is 4.70. The molecule has 1 aromatic heterocycles. The Hall–Kier alpha value is -3.48. The lowest BCUT2D eigenvalue weighted by atomic mass is 10.2. The molecule has 0 radical (unpaired) electrons. The Kier molecular flexibility index (Phi) is 9.61. The molecule has 198 valence electrons. The molecule has 0 aliphatic heterocycles. The van der Waals surface area contributed by atoms with Crippen molar-refractivity contribution in [2.45, 2.75) is 37.3 Å². The summed E-state index contributed by atoms with van der Waals surface area (Å²) in [5.41, 5.74) is -0.523. The highest BCUT2D eigenvalue weighted by Gasteiger charge is 2.30. The van der Waals surface area contributed by atoms with Crippen molar-refractivity contribution in [3.05, 3.63) is 71.7 Å². The molecule has 0 unspecified atom stereocenters. The number of anilines is 1. The first-order valence-electron chi connectivity index (χ1n) is 11.5. The summed E-state index contributed by atoms with van der Waals surface area (Å²) in [6.45, 7) is 5.69. The number of aromatic nitrogens is 1. The smallest absolute Gasteiger partial charge is 0.326 e. The number of thiazole rings is 1. The molecule has 0 spiro atoms. The van der Waals surface area contributed by atoms with Crippen molar-refractivity contribution in [1.82, 2.24) is 15.0 Å². The van der Waals surface area contributed by atoms with Crippen LogP contribution >= 0.6 is 11.3 Å². The minimum absolute atomic E-state index is 0.00711. The summed E-state index contributed by atoms with van der Waals surface area (Å²) < 4.78 is 38.9. The molecular formula is C25H30N4O6S2. The number of esters is 1. The summed E-state index contributed by atoms with van der Waals surface area (Å²) in [4.78, 5) is 29.6. The molecule has 1 heterocycles. The van der Waals surface area contributed by atoms with Gasteiger partial charge in [-0.1, -0.05) is 18.2 Å². The summed E-state index contributed by atoms with van der Waals surface area (Å²) in [6.07, 6.45) is 1.71. The van der Waals surface area contributed by atoms with Gasteiger partial charge in [-0.3, -0.25) is 9.59 Å². The van der Waals surface area contributed by atoms with Crippen LogP contribution < -0.4 is 20.1 Å². The summed E-state index contributed by atoms with van der Waals surface area (Å²) in [6, 6.07) is 12.8. The summed E-state index contributed by atoms with van der Waals surface area (Å²) in [7, 11) is -4.03. The molecule has 0 aliphatic carbocycles. The van der Waals surface area contributed by atoms with Crippen LogP contribution in [0, 0.1) is 0 Å². The quantitative estimate of drug-likeness (QED) is 0.233. The number of hydrogen-bond donors (Lipinski definition) is 3. The van der Waals surface area contributed by atoms with Crippen LogP contribution in [0.15, 0.2) is 71.1 Å². The maximum absolute atomic E-state index is 12.8. The van der Waals surface area contributed by atoms with Gasteiger partial charge in [0, 0.05) is 23.7 Å². The van der Waals surface area contributed by atoms with E-state index < -0.39 is 33.5 Å². The Morgan fingerprint density at radius 3 is 2.38 bits per heavy atom. The molecule has 3 aromatic rings. The van der Waals surface area contributed by atoms with Gasteiger partial charge in [0.2, 0.25) is 10.0 Å². The Morgan fingerprint density at radius 1 is 1.05 bits per heavy atom. The lowest BCUT2D eigenvalue weighted by Gasteiger charge is -2.24. The molecule has 10 nitrogen and oxygen atoms in total. The van der Waals surface area contributed by atoms with Crippen molar-refractivity contribution in [2.24, 2.45) is 0 Å². The molecular weight excluding hydrogens is 516 g/mol. The first-order valence-corrected chi connectivity index (χ1v) is 13.8. The van der Waals surface area contributed by atoms with Gasteiger partial charge < -0.3 is 20.1 Å². The Morgan fingerprint density at radius 2 is 1.76 bits per heavy atom. The molecule has 2 aromatic carbocycles. The van der Waals surface area contributed by atoms with E-state index in [0.29, 0.717) is 24.5 Å². The first-order chi connectivity index (χ1) is 17.5. The van der Waals surface area contributed by atoms with E-state index in [1.807, 2.05) is 5.38 Å². The minimum Gasteiger partial charge on any atom is -0.492 e. The van der Waals surface area contributed by atoms with Crippen LogP contribution in [0.4, 0.5) is 5.13 Å². The van der Waals surface area contributed by atoms with Crippen LogP contribution in [0.1, 0.15) is 31.1 Å². The molecule has 0 saturated heterocycles. The Labute approximate surface area is 220 Å². The number of carbonyl (C=O) groups is 2. The number of amides is 1. The van der Waals surface area contributed by atoms with E-state index in [2.05, 4.69) is 20.3 Å². The lowest BCUT2D eigenvalue weighted by Crippen LogP contribution is -2.50. The van der Waals surface area contributed by atoms with E-state index in [1.165, 1.54) is 23.5 Å². The van der Waals surface area contributed by atoms with Gasteiger partial charge in [0.15, 0.2) is 5.13 Å². The number of ether oxygens (including phenoxy) is 2. The van der Waals surface area contributed by atoms with E-state index in [9.17, 15) is 18.0 Å². The monoisotopic (exact) mass is 546 g/mol. The van der Waals surface area contributed by atoms with Crippen LogP contribution in [-0.4, -0.2) is 56.6 Å². The highest BCUT2D eigenvalue weighted by Crippen LogP contribution is 2.14. The second-order valence-corrected chi connectivity index (χ2v) is 11.5. The number of hydrogen-bond acceptors (Lipinski definition) is 9. The van der Waals surface area contributed by atoms with E-state index in [-0.39, 0.29) is 11.4 Å². The van der Waals surface area contributed by atoms with Crippen LogP contribution in [0.25, 0.3) is 0 Å². The van der Waals surface area contributed by atoms with E-state index >= 15 is 0 Å². The molecule has 37 heavy (non-hydrogen) atoms. The number of rotatable bonds is 12. The molecule has 1 amide bonds. The van der Waals surface area contributed by atoms with Gasteiger partial charge in [0.1, 0.15) is 24.0 Å². The van der Waals surface area contributed by atoms with Gasteiger partial charge >= 0.3 is 5.97 Å². The number of nitrogens with one attached hydrogen (secondary N) is 3. The van der Waals surface area contributed by atoms with Crippen molar-refractivity contribution in [2.75, 3.05) is 25.0 Å². The van der Waals surface area contributed by atoms with Gasteiger partial charge in [-0.2, -0.15) is 4.72 Å². The zero-order valence-corrected chi connectivity index (χ0v) is 22.4. The number of nitrogens with zero attached hydrogens (tertiary/aromatic N) is 1. The van der Waals surface area contributed by atoms with Crippen LogP contribution in [0.5, 0.6) is 5.75 Å². The van der Waals surface area contributed by atoms with Crippen LogP contribution in [0.3, 0.4) is 0 Å². The largest absolute Gasteiger partial charge is 0.492 e. The van der Waals surface area contributed by atoms with Crippen LogP contribution in [-0.2, 0) is 19.6 Å². The van der Waals surface area contributed by atoms with Gasteiger partial charge in [-0.15, -0.1) is 11.3 Å². The summed E-state index contributed by atoms with van der Waals surface area (Å²) in [5, 5.41) is 8.42. The van der Waals surface area contributed by atoms with Crippen molar-refractivity contribution >= 4 is 38.4 Å². The van der Waals surface area contributed by atoms with Crippen molar-refractivity contribution in [1.29, 1.82) is 0 Å². The maximum Gasteiger partial charge on any atom is 0.326 e. The zero-order chi connectivity index (χ0) is 26.9. The molecule has 0 fully saturated rings. The number of carbonyl (C=O) groups excluding carboxylic acids is 2. The minimum atomic E-state index is -4.03. The van der Waals surface area contributed by atoms with Crippen molar-refractivity contribution in [3.63, 3.8) is 0 Å². The fraction of sp³-hybridized carbons (Fsp3) is 0.320. The van der Waals surface area contributed by atoms with Crippen LogP contribution in [0.2, 0.25) is 0 Å². The molecule has 12 heteroatoms. The first kappa shape index (κ1) is 28.1. The third-order valence-corrected chi connectivity index (χ3v) is 6.92. The van der Waals surface area contributed by atoms with Crippen molar-refractivity contribution < 1.29 is 27.5 Å². The summed E-state index contributed by atoms with van der Waals surface area (Å²) >= 11 is 1.50. The Bertz CT molecular complexity index is 1260. The van der Waals surface area contributed by atoms with Gasteiger partial charge in [0.05, 0.1) is 11.4 Å². The third kappa shape index (κ3) is 9.16. The van der Waals surface area contributed by atoms with Gasteiger partial charge in [-0.25, -0.2) is 13.4 Å². The van der Waals surface area contributed by atoms with Gasteiger partial charge in [-0.05, 0) is 57.2 Å².